The van der Waals surface area contributed by atoms with Crippen LogP contribution in [0.1, 0.15) is 27.2 Å². The van der Waals surface area contributed by atoms with Crippen LogP contribution in [-0.4, -0.2) is 10.9 Å². The summed E-state index contributed by atoms with van der Waals surface area (Å²) in [4.78, 5) is 16.3. The van der Waals surface area contributed by atoms with E-state index in [0.29, 0.717) is 24.4 Å². The van der Waals surface area contributed by atoms with Crippen molar-refractivity contribution >= 4 is 11.6 Å². The highest BCUT2D eigenvalue weighted by atomic mass is 16.3. The normalized spacial score (nSPS) is 10.4. The Morgan fingerprint density at radius 1 is 1.12 bits per heavy atom. The van der Waals surface area contributed by atoms with E-state index in [-0.39, 0.29) is 5.91 Å². The lowest BCUT2D eigenvalue weighted by Gasteiger charge is -2.09. The number of furan rings is 1. The number of carbonyl (C=O) groups is 1. The number of carbonyl (C=O) groups excluding carboxylic acids is 1. The number of amides is 1. The van der Waals surface area contributed by atoms with Crippen molar-refractivity contribution in [3.05, 3.63) is 83.6 Å². The SMILES string of the molecule is Cc1cccc(CNc2cncc(C(=O)NCc3ccco3)c2)c1. The standard InChI is InChI=1S/C19H19N3O2/c1-14-4-2-5-15(8-14)10-21-17-9-16(11-20-12-17)19(23)22-13-18-6-3-7-24-18/h2-9,11-12,21H,10,13H2,1H3,(H,22,23). The number of anilines is 1. The molecule has 3 rings (SSSR count). The maximum atomic E-state index is 12.2. The lowest BCUT2D eigenvalue weighted by molar-refractivity contribution is 0.0947. The lowest BCUT2D eigenvalue weighted by Crippen LogP contribution is -2.22. The van der Waals surface area contributed by atoms with E-state index in [0.717, 1.165) is 5.69 Å². The average molecular weight is 321 g/mol. The second-order valence-electron chi connectivity index (χ2n) is 5.57. The van der Waals surface area contributed by atoms with Gasteiger partial charge in [0.15, 0.2) is 0 Å². The maximum Gasteiger partial charge on any atom is 0.253 e. The third-order valence-electron chi connectivity index (χ3n) is 3.58. The molecule has 24 heavy (non-hydrogen) atoms. The van der Waals surface area contributed by atoms with Gasteiger partial charge in [-0.1, -0.05) is 29.8 Å². The first-order chi connectivity index (χ1) is 11.7. The van der Waals surface area contributed by atoms with Crippen LogP contribution in [0.2, 0.25) is 0 Å². The minimum atomic E-state index is -0.182. The van der Waals surface area contributed by atoms with Gasteiger partial charge in [-0.3, -0.25) is 9.78 Å². The highest BCUT2D eigenvalue weighted by Gasteiger charge is 2.07. The molecule has 5 heteroatoms. The highest BCUT2D eigenvalue weighted by molar-refractivity contribution is 5.94. The Bertz CT molecular complexity index is 813. The molecule has 0 fully saturated rings. The summed E-state index contributed by atoms with van der Waals surface area (Å²) in [5.74, 6) is 0.531. The molecule has 2 aromatic heterocycles. The lowest BCUT2D eigenvalue weighted by atomic mass is 10.1. The Kier molecular flexibility index (Phi) is 4.91. The van der Waals surface area contributed by atoms with Crippen molar-refractivity contribution in [1.82, 2.24) is 10.3 Å². The number of hydrogen-bond donors (Lipinski definition) is 2. The zero-order valence-corrected chi connectivity index (χ0v) is 13.5. The van der Waals surface area contributed by atoms with Crippen molar-refractivity contribution in [2.45, 2.75) is 20.0 Å². The van der Waals surface area contributed by atoms with Crippen LogP contribution in [0.4, 0.5) is 5.69 Å². The number of aromatic nitrogens is 1. The van der Waals surface area contributed by atoms with Gasteiger partial charge >= 0.3 is 0 Å². The number of pyridine rings is 1. The molecule has 0 radical (unpaired) electrons. The fourth-order valence-electron chi connectivity index (χ4n) is 2.37. The van der Waals surface area contributed by atoms with Gasteiger partial charge in [-0.2, -0.15) is 0 Å². The van der Waals surface area contributed by atoms with Crippen LogP contribution in [0.3, 0.4) is 0 Å². The quantitative estimate of drug-likeness (QED) is 0.729. The molecule has 0 atom stereocenters. The smallest absolute Gasteiger partial charge is 0.253 e. The zero-order valence-electron chi connectivity index (χ0n) is 13.5. The highest BCUT2D eigenvalue weighted by Crippen LogP contribution is 2.12. The fraction of sp³-hybridized carbons (Fsp3) is 0.158. The summed E-state index contributed by atoms with van der Waals surface area (Å²) in [5.41, 5.74) is 3.72. The van der Waals surface area contributed by atoms with E-state index >= 15 is 0 Å². The van der Waals surface area contributed by atoms with Gasteiger partial charge in [0.1, 0.15) is 5.76 Å². The van der Waals surface area contributed by atoms with Crippen molar-refractivity contribution < 1.29 is 9.21 Å². The van der Waals surface area contributed by atoms with E-state index in [1.54, 1.807) is 30.8 Å². The van der Waals surface area contributed by atoms with Gasteiger partial charge in [-0.05, 0) is 30.7 Å². The first-order valence-corrected chi connectivity index (χ1v) is 7.76. The number of hydrogen-bond acceptors (Lipinski definition) is 4. The van der Waals surface area contributed by atoms with Crippen molar-refractivity contribution in [2.75, 3.05) is 5.32 Å². The second-order valence-corrected chi connectivity index (χ2v) is 5.57. The Labute approximate surface area is 140 Å². The topological polar surface area (TPSA) is 67.2 Å². The molecule has 0 aliphatic rings. The van der Waals surface area contributed by atoms with Crippen molar-refractivity contribution in [1.29, 1.82) is 0 Å². The Hall–Kier alpha value is -3.08. The zero-order chi connectivity index (χ0) is 16.8. The van der Waals surface area contributed by atoms with Crippen LogP contribution in [0.15, 0.2) is 65.5 Å². The molecular formula is C19H19N3O2. The largest absolute Gasteiger partial charge is 0.467 e. The summed E-state index contributed by atoms with van der Waals surface area (Å²) in [7, 11) is 0. The third kappa shape index (κ3) is 4.23. The van der Waals surface area contributed by atoms with Gasteiger partial charge in [0, 0.05) is 18.9 Å². The molecule has 0 saturated heterocycles. The molecule has 0 spiro atoms. The van der Waals surface area contributed by atoms with Gasteiger partial charge in [0.2, 0.25) is 0 Å². The molecule has 0 aliphatic heterocycles. The van der Waals surface area contributed by atoms with Crippen LogP contribution in [0.5, 0.6) is 0 Å². The molecule has 0 unspecified atom stereocenters. The number of benzene rings is 1. The molecule has 1 aromatic carbocycles. The van der Waals surface area contributed by atoms with Crippen LogP contribution in [-0.2, 0) is 13.1 Å². The monoisotopic (exact) mass is 321 g/mol. The van der Waals surface area contributed by atoms with Crippen molar-refractivity contribution in [3.63, 3.8) is 0 Å². The summed E-state index contributed by atoms with van der Waals surface area (Å²) in [6.45, 7) is 3.10. The molecule has 0 saturated carbocycles. The molecular weight excluding hydrogens is 302 g/mol. The second kappa shape index (κ2) is 7.46. The van der Waals surface area contributed by atoms with Gasteiger partial charge in [0.05, 0.1) is 24.1 Å². The molecule has 3 aromatic rings. The predicted octanol–water partition coefficient (Wildman–Crippen LogP) is 3.53. The molecule has 1 amide bonds. The summed E-state index contributed by atoms with van der Waals surface area (Å²) in [6.07, 6.45) is 4.84. The molecule has 2 N–H and O–H groups in total. The molecule has 0 bridgehead atoms. The van der Waals surface area contributed by atoms with Crippen LogP contribution in [0, 0.1) is 6.92 Å². The Morgan fingerprint density at radius 2 is 2.04 bits per heavy atom. The molecule has 5 nitrogen and oxygen atoms in total. The third-order valence-corrected chi connectivity index (χ3v) is 3.58. The fourth-order valence-corrected chi connectivity index (χ4v) is 2.37. The minimum Gasteiger partial charge on any atom is -0.467 e. The Balaban J connectivity index is 1.60. The van der Waals surface area contributed by atoms with E-state index in [2.05, 4.69) is 40.7 Å². The maximum absolute atomic E-state index is 12.2. The summed E-state index contributed by atoms with van der Waals surface area (Å²) >= 11 is 0. The minimum absolute atomic E-state index is 0.182. The molecule has 122 valence electrons. The average Bonchev–Trinajstić information content (AvgIpc) is 3.12. The molecule has 2 heterocycles. The molecule has 0 aliphatic carbocycles. The van der Waals surface area contributed by atoms with E-state index in [4.69, 9.17) is 4.42 Å². The van der Waals surface area contributed by atoms with Gasteiger partial charge in [-0.25, -0.2) is 0 Å². The number of rotatable bonds is 6. The van der Waals surface area contributed by atoms with Gasteiger partial charge in [0.25, 0.3) is 5.91 Å². The first-order valence-electron chi connectivity index (χ1n) is 7.76. The summed E-state index contributed by atoms with van der Waals surface area (Å²) in [6, 6.07) is 13.7. The number of nitrogens with zero attached hydrogens (tertiary/aromatic N) is 1. The van der Waals surface area contributed by atoms with Crippen molar-refractivity contribution in [3.8, 4) is 0 Å². The Morgan fingerprint density at radius 3 is 2.83 bits per heavy atom. The van der Waals surface area contributed by atoms with E-state index in [1.165, 1.54) is 11.1 Å². The van der Waals surface area contributed by atoms with Crippen LogP contribution >= 0.6 is 0 Å². The van der Waals surface area contributed by atoms with Gasteiger partial charge in [-0.15, -0.1) is 0 Å². The van der Waals surface area contributed by atoms with Crippen LogP contribution < -0.4 is 10.6 Å². The summed E-state index contributed by atoms with van der Waals surface area (Å²) in [5, 5.41) is 6.10. The van der Waals surface area contributed by atoms with Crippen molar-refractivity contribution in [2.24, 2.45) is 0 Å². The van der Waals surface area contributed by atoms with E-state index in [1.807, 2.05) is 12.1 Å². The summed E-state index contributed by atoms with van der Waals surface area (Å²) < 4.78 is 5.20. The van der Waals surface area contributed by atoms with Gasteiger partial charge < -0.3 is 15.1 Å². The van der Waals surface area contributed by atoms with E-state index < -0.39 is 0 Å². The number of nitrogens with one attached hydrogen (secondary N) is 2. The van der Waals surface area contributed by atoms with Crippen LogP contribution in [0.25, 0.3) is 0 Å². The first kappa shape index (κ1) is 15.8. The van der Waals surface area contributed by atoms with E-state index in [9.17, 15) is 4.79 Å². The number of aryl methyl sites for hydroxylation is 1. The predicted molar refractivity (Wildman–Crippen MR) is 92.6 cm³/mol.